The second-order valence-corrected chi connectivity index (χ2v) is 5.06. The third-order valence-electron chi connectivity index (χ3n) is 3.35. The Kier molecular flexibility index (Phi) is 4.96. The molecule has 21 heavy (non-hydrogen) atoms. The summed E-state index contributed by atoms with van der Waals surface area (Å²) in [6.07, 6.45) is 0.998. The van der Waals surface area contributed by atoms with E-state index >= 15 is 0 Å². The topological polar surface area (TPSA) is 75.4 Å². The Hall–Kier alpha value is -2.32. The predicted octanol–water partition coefficient (Wildman–Crippen LogP) is 0.234. The van der Waals surface area contributed by atoms with Gasteiger partial charge in [0.2, 0.25) is 11.8 Å². The fourth-order valence-corrected chi connectivity index (χ4v) is 2.32. The lowest BCUT2D eigenvalue weighted by atomic mass is 10.1. The van der Waals surface area contributed by atoms with Gasteiger partial charge in [-0.25, -0.2) is 0 Å². The lowest BCUT2D eigenvalue weighted by Crippen LogP contribution is -2.42. The monoisotopic (exact) mass is 285 g/mol. The molecule has 1 unspecified atom stereocenters. The van der Waals surface area contributed by atoms with Crippen LogP contribution in [0.15, 0.2) is 24.3 Å². The number of hydrogen-bond donors (Lipinski definition) is 2. The van der Waals surface area contributed by atoms with Crippen LogP contribution >= 0.6 is 0 Å². The second-order valence-electron chi connectivity index (χ2n) is 5.06. The summed E-state index contributed by atoms with van der Waals surface area (Å²) >= 11 is 0. The third kappa shape index (κ3) is 4.07. The van der Waals surface area contributed by atoms with Gasteiger partial charge in [0.25, 0.3) is 0 Å². The van der Waals surface area contributed by atoms with Gasteiger partial charge in [-0.05, 0) is 24.1 Å². The minimum atomic E-state index is -0.386. The zero-order chi connectivity index (χ0) is 15.2. The van der Waals surface area contributed by atoms with Crippen molar-refractivity contribution >= 4 is 11.8 Å². The highest BCUT2D eigenvalue weighted by Crippen LogP contribution is 2.12. The summed E-state index contributed by atoms with van der Waals surface area (Å²) in [4.78, 5) is 25.0. The van der Waals surface area contributed by atoms with Gasteiger partial charge in [0, 0.05) is 25.6 Å². The van der Waals surface area contributed by atoms with Gasteiger partial charge < -0.3 is 16.0 Å². The van der Waals surface area contributed by atoms with Crippen LogP contribution in [0, 0.1) is 11.8 Å². The minimum Gasteiger partial charge on any atom is -0.344 e. The van der Waals surface area contributed by atoms with E-state index in [4.69, 9.17) is 5.73 Å². The number of benzene rings is 1. The average Bonchev–Trinajstić information content (AvgIpc) is 2.91. The molecule has 1 aromatic rings. The van der Waals surface area contributed by atoms with Crippen LogP contribution in [-0.4, -0.2) is 36.3 Å². The molecule has 0 spiro atoms. The van der Waals surface area contributed by atoms with E-state index in [0.717, 1.165) is 11.1 Å². The molecule has 1 aliphatic rings. The van der Waals surface area contributed by atoms with Crippen molar-refractivity contribution in [1.82, 2.24) is 10.2 Å². The number of nitrogens with zero attached hydrogens (tertiary/aromatic N) is 1. The molecule has 2 rings (SSSR count). The Morgan fingerprint density at radius 2 is 2.33 bits per heavy atom. The van der Waals surface area contributed by atoms with Crippen LogP contribution < -0.4 is 11.1 Å². The normalized spacial score (nSPS) is 16.9. The number of nitrogens with two attached hydrogens (primary N) is 1. The molecular weight excluding hydrogens is 266 g/mol. The summed E-state index contributed by atoms with van der Waals surface area (Å²) in [5.74, 6) is 5.67. The van der Waals surface area contributed by atoms with Crippen LogP contribution in [0.3, 0.4) is 0 Å². The van der Waals surface area contributed by atoms with Crippen LogP contribution in [0.25, 0.3) is 0 Å². The van der Waals surface area contributed by atoms with Crippen LogP contribution in [-0.2, 0) is 16.1 Å². The van der Waals surface area contributed by atoms with E-state index in [9.17, 15) is 9.59 Å². The number of rotatable bonds is 3. The number of carbonyl (C=O) groups is 2. The molecule has 0 bridgehead atoms. The predicted molar refractivity (Wildman–Crippen MR) is 80.0 cm³/mol. The molecule has 1 heterocycles. The van der Waals surface area contributed by atoms with Crippen LogP contribution in [0.1, 0.15) is 24.0 Å². The highest BCUT2D eigenvalue weighted by atomic mass is 16.2. The maximum atomic E-state index is 12.2. The summed E-state index contributed by atoms with van der Waals surface area (Å²) in [7, 11) is 1.74. The first-order chi connectivity index (χ1) is 10.1. The molecule has 3 N–H and O–H groups in total. The maximum absolute atomic E-state index is 12.2. The zero-order valence-electron chi connectivity index (χ0n) is 12.1. The zero-order valence-corrected chi connectivity index (χ0v) is 12.1. The van der Waals surface area contributed by atoms with Crippen molar-refractivity contribution in [2.24, 2.45) is 5.73 Å². The SMILES string of the molecule is CN(Cc1cccc(C#CCN)c1)C(=O)C1CCC(=O)N1. The summed E-state index contributed by atoms with van der Waals surface area (Å²) < 4.78 is 0. The quantitative estimate of drug-likeness (QED) is 0.781. The van der Waals surface area contributed by atoms with Crippen molar-refractivity contribution in [3.05, 3.63) is 35.4 Å². The fraction of sp³-hybridized carbons (Fsp3) is 0.375. The maximum Gasteiger partial charge on any atom is 0.245 e. The smallest absolute Gasteiger partial charge is 0.245 e. The summed E-state index contributed by atoms with van der Waals surface area (Å²) in [5, 5.41) is 2.69. The van der Waals surface area contributed by atoms with Crippen molar-refractivity contribution in [3.63, 3.8) is 0 Å². The summed E-state index contributed by atoms with van der Waals surface area (Å²) in [5.41, 5.74) is 7.24. The molecular formula is C16H19N3O2. The van der Waals surface area contributed by atoms with Crippen molar-refractivity contribution in [2.75, 3.05) is 13.6 Å². The van der Waals surface area contributed by atoms with Gasteiger partial charge in [-0.1, -0.05) is 24.0 Å². The average molecular weight is 285 g/mol. The van der Waals surface area contributed by atoms with Gasteiger partial charge >= 0.3 is 0 Å². The first kappa shape index (κ1) is 15.1. The molecule has 1 aromatic carbocycles. The number of hydrogen-bond acceptors (Lipinski definition) is 3. The van der Waals surface area contributed by atoms with E-state index in [-0.39, 0.29) is 17.9 Å². The Morgan fingerprint density at radius 1 is 1.52 bits per heavy atom. The third-order valence-corrected chi connectivity index (χ3v) is 3.35. The molecule has 1 atom stereocenters. The van der Waals surface area contributed by atoms with E-state index < -0.39 is 0 Å². The van der Waals surface area contributed by atoms with Gasteiger partial charge in [-0.15, -0.1) is 0 Å². The number of amides is 2. The molecule has 0 aromatic heterocycles. The second kappa shape index (κ2) is 6.91. The molecule has 0 radical (unpaired) electrons. The molecule has 0 saturated carbocycles. The molecule has 1 saturated heterocycles. The Balaban J connectivity index is 2.00. The Morgan fingerprint density at radius 3 is 3.00 bits per heavy atom. The van der Waals surface area contributed by atoms with E-state index in [0.29, 0.717) is 25.9 Å². The molecule has 1 aliphatic heterocycles. The van der Waals surface area contributed by atoms with E-state index in [1.54, 1.807) is 11.9 Å². The first-order valence-corrected chi connectivity index (χ1v) is 6.92. The van der Waals surface area contributed by atoms with Crippen molar-refractivity contribution in [2.45, 2.75) is 25.4 Å². The van der Waals surface area contributed by atoms with Crippen molar-refractivity contribution in [1.29, 1.82) is 0 Å². The molecule has 5 heteroatoms. The van der Waals surface area contributed by atoms with Crippen LogP contribution in [0.2, 0.25) is 0 Å². The molecule has 2 amide bonds. The standard InChI is InChI=1S/C16H19N3O2/c1-19(16(21)14-7-8-15(20)18-14)11-13-5-2-4-12(10-13)6-3-9-17/h2,4-5,10,14H,7-9,11,17H2,1H3,(H,18,20). The van der Waals surface area contributed by atoms with Crippen LogP contribution in [0.5, 0.6) is 0 Å². The molecule has 110 valence electrons. The highest BCUT2D eigenvalue weighted by Gasteiger charge is 2.29. The molecule has 5 nitrogen and oxygen atoms in total. The van der Waals surface area contributed by atoms with Gasteiger partial charge in [-0.3, -0.25) is 9.59 Å². The summed E-state index contributed by atoms with van der Waals surface area (Å²) in [6, 6.07) is 7.32. The lowest BCUT2D eigenvalue weighted by molar-refractivity contribution is -0.133. The first-order valence-electron chi connectivity index (χ1n) is 6.92. The van der Waals surface area contributed by atoms with Crippen molar-refractivity contribution < 1.29 is 9.59 Å². The van der Waals surface area contributed by atoms with E-state index in [2.05, 4.69) is 17.2 Å². The number of carbonyl (C=O) groups excluding carboxylic acids is 2. The lowest BCUT2D eigenvalue weighted by Gasteiger charge is -2.21. The minimum absolute atomic E-state index is 0.0548. The van der Waals surface area contributed by atoms with E-state index in [1.165, 1.54) is 0 Å². The van der Waals surface area contributed by atoms with Gasteiger partial charge in [0.05, 0.1) is 6.54 Å². The molecule has 0 aliphatic carbocycles. The molecule has 1 fully saturated rings. The van der Waals surface area contributed by atoms with Crippen LogP contribution in [0.4, 0.5) is 0 Å². The van der Waals surface area contributed by atoms with Gasteiger partial charge in [0.1, 0.15) is 6.04 Å². The van der Waals surface area contributed by atoms with E-state index in [1.807, 2.05) is 24.3 Å². The highest BCUT2D eigenvalue weighted by molar-refractivity contribution is 5.90. The summed E-state index contributed by atoms with van der Waals surface area (Å²) in [6.45, 7) is 0.813. The van der Waals surface area contributed by atoms with Gasteiger partial charge in [-0.2, -0.15) is 0 Å². The Bertz CT molecular complexity index is 601. The number of nitrogens with one attached hydrogen (secondary N) is 1. The fourth-order valence-electron chi connectivity index (χ4n) is 2.32. The van der Waals surface area contributed by atoms with Crippen molar-refractivity contribution in [3.8, 4) is 11.8 Å². The number of likely N-dealkylation sites (N-methyl/N-ethyl adjacent to an activating group) is 1. The Labute approximate surface area is 124 Å². The largest absolute Gasteiger partial charge is 0.344 e. The van der Waals surface area contributed by atoms with Gasteiger partial charge in [0.15, 0.2) is 0 Å².